The summed E-state index contributed by atoms with van der Waals surface area (Å²) in [5, 5.41) is 0. The molecule has 0 bridgehead atoms. The van der Waals surface area contributed by atoms with E-state index in [0.717, 1.165) is 17.5 Å². The quantitative estimate of drug-likeness (QED) is 0.739. The maximum atomic E-state index is 13.1. The molecule has 1 unspecified atom stereocenters. The molecule has 0 radical (unpaired) electrons. The van der Waals surface area contributed by atoms with Gasteiger partial charge in [0.05, 0.1) is 5.92 Å². The summed E-state index contributed by atoms with van der Waals surface area (Å²) in [5.41, 5.74) is 7.83. The van der Waals surface area contributed by atoms with Gasteiger partial charge in [0.25, 0.3) is 0 Å². The number of carbonyl (C=O) groups is 2. The smallest absolute Gasteiger partial charge is 0.228 e. The molecule has 5 nitrogen and oxygen atoms in total. The molecule has 1 aliphatic rings. The lowest BCUT2D eigenvalue weighted by Crippen LogP contribution is -2.38. The third-order valence-corrected chi connectivity index (χ3v) is 4.94. The fraction of sp³-hybridized carbons (Fsp3) is 0.364. The number of benzene rings is 2. The van der Waals surface area contributed by atoms with E-state index >= 15 is 0 Å². The first-order valence-corrected chi connectivity index (χ1v) is 9.52. The van der Waals surface area contributed by atoms with Gasteiger partial charge in [0, 0.05) is 32.6 Å². The molecule has 1 heterocycles. The Morgan fingerprint density at radius 1 is 1.04 bits per heavy atom. The molecule has 0 aromatic heterocycles. The van der Waals surface area contributed by atoms with Gasteiger partial charge in [0.1, 0.15) is 0 Å². The monoisotopic (exact) mass is 401 g/mol. The summed E-state index contributed by atoms with van der Waals surface area (Å²) in [6.45, 7) is 2.77. The normalized spacial score (nSPS) is 16.0. The van der Waals surface area contributed by atoms with Gasteiger partial charge in [-0.1, -0.05) is 60.7 Å². The number of nitrogens with zero attached hydrogens (tertiary/aromatic N) is 2. The van der Waals surface area contributed by atoms with E-state index in [1.54, 1.807) is 4.90 Å². The van der Waals surface area contributed by atoms with Gasteiger partial charge in [0.2, 0.25) is 11.8 Å². The van der Waals surface area contributed by atoms with Crippen LogP contribution in [0.25, 0.3) is 0 Å². The second kappa shape index (κ2) is 10.8. The van der Waals surface area contributed by atoms with E-state index in [2.05, 4.69) is 0 Å². The zero-order valence-corrected chi connectivity index (χ0v) is 16.8. The number of nitrogens with two attached hydrogens (primary N) is 1. The van der Waals surface area contributed by atoms with Gasteiger partial charge in [-0.15, -0.1) is 12.4 Å². The van der Waals surface area contributed by atoms with E-state index in [0.29, 0.717) is 39.1 Å². The fourth-order valence-electron chi connectivity index (χ4n) is 3.51. The topological polar surface area (TPSA) is 66.6 Å². The molecule has 0 aliphatic carbocycles. The zero-order chi connectivity index (χ0) is 19.1. The van der Waals surface area contributed by atoms with Gasteiger partial charge in [-0.25, -0.2) is 0 Å². The number of hydrogen-bond acceptors (Lipinski definition) is 3. The lowest BCUT2D eigenvalue weighted by Gasteiger charge is -2.26. The Hall–Kier alpha value is -2.37. The van der Waals surface area contributed by atoms with Crippen molar-refractivity contribution in [3.8, 4) is 0 Å². The van der Waals surface area contributed by atoms with Crippen LogP contribution in [-0.4, -0.2) is 41.2 Å². The van der Waals surface area contributed by atoms with Gasteiger partial charge in [-0.3, -0.25) is 9.59 Å². The lowest BCUT2D eigenvalue weighted by molar-refractivity contribution is -0.136. The van der Waals surface area contributed by atoms with E-state index in [1.807, 2.05) is 65.6 Å². The predicted molar refractivity (Wildman–Crippen MR) is 113 cm³/mol. The molecule has 28 heavy (non-hydrogen) atoms. The molecule has 1 fully saturated rings. The second-order valence-corrected chi connectivity index (χ2v) is 7.05. The number of hydrogen-bond donors (Lipinski definition) is 1. The number of rotatable bonds is 8. The largest absolute Gasteiger partial charge is 0.338 e. The molecule has 1 saturated heterocycles. The molecule has 0 spiro atoms. The Kier molecular flexibility index (Phi) is 8.48. The van der Waals surface area contributed by atoms with E-state index in [1.165, 1.54) is 0 Å². The fourth-order valence-corrected chi connectivity index (χ4v) is 3.51. The van der Waals surface area contributed by atoms with Crippen molar-refractivity contribution in [2.45, 2.75) is 25.9 Å². The van der Waals surface area contributed by atoms with Crippen LogP contribution in [0.5, 0.6) is 0 Å². The molecule has 2 aromatic carbocycles. The van der Waals surface area contributed by atoms with Gasteiger partial charge in [-0.05, 0) is 24.1 Å². The van der Waals surface area contributed by atoms with Crippen molar-refractivity contribution in [2.75, 3.05) is 19.6 Å². The Morgan fingerprint density at radius 2 is 1.64 bits per heavy atom. The predicted octanol–water partition coefficient (Wildman–Crippen LogP) is 2.83. The molecule has 6 heteroatoms. The van der Waals surface area contributed by atoms with Crippen LogP contribution in [0.2, 0.25) is 0 Å². The highest BCUT2D eigenvalue weighted by Gasteiger charge is 2.36. The van der Waals surface area contributed by atoms with Crippen LogP contribution in [0.4, 0.5) is 0 Å². The Balaban J connectivity index is 0.00000280. The molecule has 150 valence electrons. The van der Waals surface area contributed by atoms with Crippen molar-refractivity contribution in [3.63, 3.8) is 0 Å². The summed E-state index contributed by atoms with van der Waals surface area (Å²) in [6.07, 6.45) is 1.05. The molecule has 2 aromatic rings. The number of carbonyl (C=O) groups excluding carboxylic acids is 2. The van der Waals surface area contributed by atoms with Gasteiger partial charge >= 0.3 is 0 Å². The van der Waals surface area contributed by atoms with Crippen LogP contribution >= 0.6 is 12.4 Å². The first-order chi connectivity index (χ1) is 13.2. The van der Waals surface area contributed by atoms with E-state index in [-0.39, 0.29) is 30.1 Å². The number of halogens is 1. The third-order valence-electron chi connectivity index (χ3n) is 4.94. The van der Waals surface area contributed by atoms with Crippen molar-refractivity contribution in [3.05, 3.63) is 71.8 Å². The first-order valence-electron chi connectivity index (χ1n) is 9.52. The van der Waals surface area contributed by atoms with Crippen molar-refractivity contribution < 1.29 is 9.59 Å². The van der Waals surface area contributed by atoms with Gasteiger partial charge < -0.3 is 15.5 Å². The molecule has 3 rings (SSSR count). The zero-order valence-electron chi connectivity index (χ0n) is 16.0. The van der Waals surface area contributed by atoms with Crippen LogP contribution < -0.4 is 5.73 Å². The molecule has 0 saturated carbocycles. The summed E-state index contributed by atoms with van der Waals surface area (Å²) in [4.78, 5) is 29.2. The van der Waals surface area contributed by atoms with E-state index < -0.39 is 0 Å². The molecule has 1 atom stereocenters. The Morgan fingerprint density at radius 3 is 2.25 bits per heavy atom. The maximum Gasteiger partial charge on any atom is 0.228 e. The highest BCUT2D eigenvalue weighted by Crippen LogP contribution is 2.23. The Labute approximate surface area is 172 Å². The summed E-state index contributed by atoms with van der Waals surface area (Å²) in [5.74, 6) is -0.172. The summed E-state index contributed by atoms with van der Waals surface area (Å²) in [6, 6.07) is 19.8. The molecule has 2 amide bonds. The minimum Gasteiger partial charge on any atom is -0.338 e. The number of likely N-dealkylation sites (tertiary alicyclic amines) is 1. The summed E-state index contributed by atoms with van der Waals surface area (Å²) < 4.78 is 0. The first kappa shape index (κ1) is 21.9. The highest BCUT2D eigenvalue weighted by molar-refractivity contribution is 5.89. The van der Waals surface area contributed by atoms with Crippen molar-refractivity contribution >= 4 is 24.2 Å². The van der Waals surface area contributed by atoms with Crippen molar-refractivity contribution in [2.24, 2.45) is 11.7 Å². The average Bonchev–Trinajstić information content (AvgIpc) is 3.06. The molecule has 1 aliphatic heterocycles. The van der Waals surface area contributed by atoms with Crippen LogP contribution in [0, 0.1) is 5.92 Å². The number of amides is 2. The van der Waals surface area contributed by atoms with Crippen LogP contribution in [0.1, 0.15) is 24.0 Å². The minimum absolute atomic E-state index is 0. The third kappa shape index (κ3) is 5.81. The standard InChI is InChI=1S/C22H27N3O2.ClH/c23-12-7-13-24(15-18-8-3-1-4-9-18)22(27)20-14-21(26)25(17-20)16-19-10-5-2-6-11-19;/h1-6,8-11,20H,7,12-17,23H2;1H. The van der Waals surface area contributed by atoms with E-state index in [4.69, 9.17) is 5.73 Å². The highest BCUT2D eigenvalue weighted by atomic mass is 35.5. The maximum absolute atomic E-state index is 13.1. The van der Waals surface area contributed by atoms with Crippen LogP contribution in [0.3, 0.4) is 0 Å². The molecule has 2 N–H and O–H groups in total. The molecular formula is C22H28ClN3O2. The SMILES string of the molecule is Cl.NCCCN(Cc1ccccc1)C(=O)C1CC(=O)N(Cc2ccccc2)C1. The van der Waals surface area contributed by atoms with Crippen molar-refractivity contribution in [1.82, 2.24) is 9.80 Å². The minimum atomic E-state index is -0.275. The van der Waals surface area contributed by atoms with Crippen molar-refractivity contribution in [1.29, 1.82) is 0 Å². The lowest BCUT2D eigenvalue weighted by atomic mass is 10.1. The van der Waals surface area contributed by atoms with Gasteiger partial charge in [0.15, 0.2) is 0 Å². The molecular weight excluding hydrogens is 374 g/mol. The second-order valence-electron chi connectivity index (χ2n) is 7.05. The average molecular weight is 402 g/mol. The summed E-state index contributed by atoms with van der Waals surface area (Å²) >= 11 is 0. The Bertz CT molecular complexity index is 755. The van der Waals surface area contributed by atoms with E-state index in [9.17, 15) is 9.59 Å². The van der Waals surface area contributed by atoms with Crippen LogP contribution in [0.15, 0.2) is 60.7 Å². The van der Waals surface area contributed by atoms with Gasteiger partial charge in [-0.2, -0.15) is 0 Å². The van der Waals surface area contributed by atoms with Crippen LogP contribution in [-0.2, 0) is 22.7 Å². The summed E-state index contributed by atoms with van der Waals surface area (Å²) in [7, 11) is 0.